The maximum atomic E-state index is 15.9. The van der Waals surface area contributed by atoms with E-state index >= 15 is 4.39 Å². The van der Waals surface area contributed by atoms with Crippen molar-refractivity contribution in [2.45, 2.75) is 45.2 Å². The maximum absolute atomic E-state index is 15.9. The van der Waals surface area contributed by atoms with Crippen molar-refractivity contribution in [3.8, 4) is 27.5 Å². The lowest BCUT2D eigenvalue weighted by Gasteiger charge is -2.25. The topological polar surface area (TPSA) is 108 Å². The number of benzene rings is 1. The molecule has 218 valence electrons. The fraction of sp³-hybridized carbons (Fsp3) is 0.367. The van der Waals surface area contributed by atoms with Crippen LogP contribution in [-0.2, 0) is 22.4 Å². The predicted octanol–water partition coefficient (Wildman–Crippen LogP) is 4.22. The number of hydrogen-bond donors (Lipinski definition) is 2. The standard InChI is InChI=1S/C30H33FN8O2S/c1-17(38-13-11-21(16-38)37(3)4)29(41)34-20-7-10-25(23(31)14-20)39-27-22(26(36-39)19-6-5-12-32-15-19)8-9-24-28(27)42-30(35-24)33-18(2)40/h5-7,10,12,14-15,17,21H,8-9,11,13,16H2,1-4H3,(H,34,41)(H,33,35,40). The molecule has 0 saturated carbocycles. The molecule has 1 aliphatic carbocycles. The molecule has 4 heterocycles. The third kappa shape index (κ3) is 5.33. The number of likely N-dealkylation sites (N-methyl/N-ethyl adjacent to an activating group) is 1. The Bertz CT molecular complexity index is 1650. The van der Waals surface area contributed by atoms with Gasteiger partial charge in [0.15, 0.2) is 10.9 Å². The largest absolute Gasteiger partial charge is 0.325 e. The zero-order valence-electron chi connectivity index (χ0n) is 24.0. The number of likely N-dealkylation sites (tertiary alicyclic amines) is 1. The summed E-state index contributed by atoms with van der Waals surface area (Å²) in [6.07, 6.45) is 5.79. The second kappa shape index (κ2) is 11.3. The molecule has 0 bridgehead atoms. The molecule has 1 aromatic carbocycles. The van der Waals surface area contributed by atoms with E-state index in [1.165, 1.54) is 24.3 Å². The van der Waals surface area contributed by atoms with Gasteiger partial charge in [0.1, 0.15) is 5.69 Å². The molecule has 3 aromatic heterocycles. The van der Waals surface area contributed by atoms with Crippen LogP contribution >= 0.6 is 11.3 Å². The van der Waals surface area contributed by atoms with Crippen molar-refractivity contribution in [2.24, 2.45) is 0 Å². The minimum Gasteiger partial charge on any atom is -0.325 e. The van der Waals surface area contributed by atoms with Gasteiger partial charge in [-0.3, -0.25) is 19.5 Å². The number of carbonyl (C=O) groups excluding carboxylic acids is 2. The molecule has 1 saturated heterocycles. The number of nitrogens with one attached hydrogen (secondary N) is 2. The lowest BCUT2D eigenvalue weighted by atomic mass is 9.95. The van der Waals surface area contributed by atoms with E-state index in [0.717, 1.165) is 52.6 Å². The summed E-state index contributed by atoms with van der Waals surface area (Å²) in [5, 5.41) is 11.0. The SMILES string of the molecule is CC(=O)Nc1nc2c(s1)-c1c(c(-c3cccnc3)nn1-c1ccc(NC(=O)C(C)N3CCC(N(C)C)C3)cc1F)CC2. The van der Waals surface area contributed by atoms with Crippen LogP contribution < -0.4 is 10.6 Å². The Morgan fingerprint density at radius 1 is 1.19 bits per heavy atom. The molecule has 2 atom stereocenters. The molecule has 10 nitrogen and oxygen atoms in total. The summed E-state index contributed by atoms with van der Waals surface area (Å²) in [6.45, 7) is 4.99. The van der Waals surface area contributed by atoms with Crippen molar-refractivity contribution in [3.05, 3.63) is 59.8 Å². The summed E-state index contributed by atoms with van der Waals surface area (Å²) in [6, 6.07) is 8.54. The van der Waals surface area contributed by atoms with Gasteiger partial charge in [-0.1, -0.05) is 11.3 Å². The van der Waals surface area contributed by atoms with Crippen molar-refractivity contribution in [1.82, 2.24) is 29.5 Å². The smallest absolute Gasteiger partial charge is 0.241 e. The molecule has 1 aliphatic heterocycles. The van der Waals surface area contributed by atoms with Crippen LogP contribution in [0.15, 0.2) is 42.7 Å². The van der Waals surface area contributed by atoms with E-state index in [1.54, 1.807) is 29.2 Å². The zero-order chi connectivity index (χ0) is 29.5. The van der Waals surface area contributed by atoms with E-state index in [0.29, 0.717) is 29.7 Å². The molecule has 4 aromatic rings. The Labute approximate surface area is 247 Å². The normalized spacial score (nSPS) is 17.1. The number of nitrogens with zero attached hydrogens (tertiary/aromatic N) is 6. The number of aryl methyl sites for hydroxylation is 1. The Balaban J connectivity index is 1.33. The second-order valence-electron chi connectivity index (χ2n) is 11.0. The number of aromatic nitrogens is 4. The fourth-order valence-electron chi connectivity index (χ4n) is 5.69. The minimum atomic E-state index is -0.518. The van der Waals surface area contributed by atoms with Gasteiger partial charge in [0.05, 0.1) is 28.0 Å². The van der Waals surface area contributed by atoms with Crippen LogP contribution in [0.3, 0.4) is 0 Å². The van der Waals surface area contributed by atoms with Crippen LogP contribution in [0.2, 0.25) is 0 Å². The number of amides is 2. The highest BCUT2D eigenvalue weighted by Gasteiger charge is 2.32. The molecular formula is C30H33FN8O2S. The zero-order valence-corrected chi connectivity index (χ0v) is 24.8. The number of rotatable bonds is 7. The van der Waals surface area contributed by atoms with Crippen molar-refractivity contribution in [2.75, 3.05) is 37.8 Å². The fourth-order valence-corrected chi connectivity index (χ4v) is 6.81. The molecule has 42 heavy (non-hydrogen) atoms. The van der Waals surface area contributed by atoms with E-state index in [9.17, 15) is 9.59 Å². The maximum Gasteiger partial charge on any atom is 0.241 e. The molecule has 12 heteroatoms. The molecular weight excluding hydrogens is 555 g/mol. The van der Waals surface area contributed by atoms with E-state index in [1.807, 2.05) is 19.1 Å². The van der Waals surface area contributed by atoms with Gasteiger partial charge in [-0.05, 0) is 70.6 Å². The quantitative estimate of drug-likeness (QED) is 0.333. The highest BCUT2D eigenvalue weighted by atomic mass is 32.1. The van der Waals surface area contributed by atoms with Crippen LogP contribution in [0.4, 0.5) is 15.2 Å². The van der Waals surface area contributed by atoms with E-state index in [4.69, 9.17) is 5.10 Å². The number of fused-ring (bicyclic) bond motifs is 3. The molecule has 0 radical (unpaired) electrons. The second-order valence-corrected chi connectivity index (χ2v) is 12.0. The number of carbonyl (C=O) groups is 2. The third-order valence-corrected chi connectivity index (χ3v) is 9.04. The van der Waals surface area contributed by atoms with Crippen LogP contribution in [0.25, 0.3) is 27.5 Å². The van der Waals surface area contributed by atoms with E-state index < -0.39 is 5.82 Å². The summed E-state index contributed by atoms with van der Waals surface area (Å²) in [5.41, 5.74) is 4.76. The highest BCUT2D eigenvalue weighted by Crippen LogP contribution is 2.44. The Kier molecular flexibility index (Phi) is 7.60. The number of hydrogen-bond acceptors (Lipinski definition) is 8. The minimum absolute atomic E-state index is 0.170. The van der Waals surface area contributed by atoms with Crippen LogP contribution in [0.5, 0.6) is 0 Å². The van der Waals surface area contributed by atoms with Gasteiger partial charge < -0.3 is 15.5 Å². The molecule has 2 N–H and O–H groups in total. The number of thiazole rings is 1. The van der Waals surface area contributed by atoms with Gasteiger partial charge in [-0.15, -0.1) is 0 Å². The van der Waals surface area contributed by atoms with Crippen LogP contribution in [0.1, 0.15) is 31.5 Å². The first-order chi connectivity index (χ1) is 20.2. The van der Waals surface area contributed by atoms with Gasteiger partial charge in [0.25, 0.3) is 0 Å². The summed E-state index contributed by atoms with van der Waals surface area (Å²) in [7, 11) is 4.11. The molecule has 2 unspecified atom stereocenters. The summed E-state index contributed by atoms with van der Waals surface area (Å²) in [5.74, 6) is -0.890. The van der Waals surface area contributed by atoms with Gasteiger partial charge >= 0.3 is 0 Å². The van der Waals surface area contributed by atoms with Crippen molar-refractivity contribution in [3.63, 3.8) is 0 Å². The molecule has 2 amide bonds. The first-order valence-corrected chi connectivity index (χ1v) is 14.8. The van der Waals surface area contributed by atoms with E-state index in [2.05, 4.69) is 44.5 Å². The van der Waals surface area contributed by atoms with Gasteiger partial charge in [-0.2, -0.15) is 5.10 Å². The molecule has 2 aliphatic rings. The average Bonchev–Trinajstić information content (AvgIpc) is 3.69. The van der Waals surface area contributed by atoms with Crippen molar-refractivity contribution < 1.29 is 14.0 Å². The lowest BCUT2D eigenvalue weighted by Crippen LogP contribution is -2.42. The Morgan fingerprint density at radius 2 is 2.02 bits per heavy atom. The number of anilines is 2. The molecule has 1 fully saturated rings. The summed E-state index contributed by atoms with van der Waals surface area (Å²) in [4.78, 5) is 38.8. The summed E-state index contributed by atoms with van der Waals surface area (Å²) >= 11 is 1.35. The van der Waals surface area contributed by atoms with Crippen LogP contribution in [0, 0.1) is 5.82 Å². The van der Waals surface area contributed by atoms with Crippen LogP contribution in [-0.4, -0.2) is 80.6 Å². The third-order valence-electron chi connectivity index (χ3n) is 8.02. The predicted molar refractivity (Wildman–Crippen MR) is 161 cm³/mol. The van der Waals surface area contributed by atoms with Gasteiger partial charge in [0.2, 0.25) is 11.8 Å². The summed E-state index contributed by atoms with van der Waals surface area (Å²) < 4.78 is 17.5. The number of halogens is 1. The molecule has 0 spiro atoms. The van der Waals surface area contributed by atoms with Crippen molar-refractivity contribution in [1.29, 1.82) is 0 Å². The lowest BCUT2D eigenvalue weighted by molar-refractivity contribution is -0.120. The van der Waals surface area contributed by atoms with Gasteiger partial charge in [-0.25, -0.2) is 14.1 Å². The highest BCUT2D eigenvalue weighted by molar-refractivity contribution is 7.19. The molecule has 6 rings (SSSR count). The Hall–Kier alpha value is -4.00. The first kappa shape index (κ1) is 28.1. The average molecular weight is 589 g/mol. The van der Waals surface area contributed by atoms with Gasteiger partial charge in [0, 0.05) is 55.3 Å². The van der Waals surface area contributed by atoms with E-state index in [-0.39, 0.29) is 23.5 Å². The Morgan fingerprint density at radius 3 is 2.71 bits per heavy atom. The number of pyridine rings is 1. The first-order valence-electron chi connectivity index (χ1n) is 14.0. The monoisotopic (exact) mass is 588 g/mol. The van der Waals surface area contributed by atoms with Crippen molar-refractivity contribution >= 4 is 34.0 Å².